The zero-order valence-electron chi connectivity index (χ0n) is 9.05. The van der Waals surface area contributed by atoms with Crippen LogP contribution in [0.3, 0.4) is 0 Å². The number of hydrogen-bond donors (Lipinski definition) is 0. The first-order valence-corrected chi connectivity index (χ1v) is 5.34. The third kappa shape index (κ3) is 3.33. The SMILES string of the molecule is CCCCCc1cccc(=O)c(C)c1. The first kappa shape index (κ1) is 11.0. The van der Waals surface area contributed by atoms with Crippen LogP contribution in [0.1, 0.15) is 37.3 Å². The molecule has 0 heterocycles. The zero-order valence-corrected chi connectivity index (χ0v) is 9.05. The van der Waals surface area contributed by atoms with Crippen LogP contribution >= 0.6 is 0 Å². The van der Waals surface area contributed by atoms with Gasteiger partial charge in [-0.05, 0) is 37.0 Å². The molecular weight excluding hydrogens is 172 g/mol. The highest BCUT2D eigenvalue weighted by molar-refractivity contribution is 5.20. The second kappa shape index (κ2) is 5.58. The van der Waals surface area contributed by atoms with Crippen LogP contribution < -0.4 is 5.43 Å². The first-order valence-electron chi connectivity index (χ1n) is 5.34. The molecule has 1 nitrogen and oxygen atoms in total. The van der Waals surface area contributed by atoms with Crippen molar-refractivity contribution in [2.45, 2.75) is 39.5 Å². The summed E-state index contributed by atoms with van der Waals surface area (Å²) in [7, 11) is 0. The molecular formula is C13H18O. The van der Waals surface area contributed by atoms with E-state index in [0.717, 1.165) is 12.0 Å². The standard InChI is InChI=1S/C13H18O/c1-3-4-5-7-12-8-6-9-13(14)11(2)10-12/h6,8-10H,3-5,7H2,1-2H3. The lowest BCUT2D eigenvalue weighted by atomic mass is 10.1. The van der Waals surface area contributed by atoms with Crippen LogP contribution in [0.15, 0.2) is 29.1 Å². The van der Waals surface area contributed by atoms with E-state index >= 15 is 0 Å². The summed E-state index contributed by atoms with van der Waals surface area (Å²) in [6.07, 6.45) is 4.81. The molecule has 0 saturated heterocycles. The maximum absolute atomic E-state index is 11.3. The van der Waals surface area contributed by atoms with Crippen molar-refractivity contribution in [2.24, 2.45) is 0 Å². The molecule has 0 saturated carbocycles. The molecule has 0 fully saturated rings. The largest absolute Gasteiger partial charge is 0.290 e. The molecule has 1 aromatic rings. The average Bonchev–Trinajstić information content (AvgIpc) is 2.31. The second-order valence-corrected chi connectivity index (χ2v) is 3.75. The molecule has 1 aromatic carbocycles. The molecule has 0 aliphatic rings. The van der Waals surface area contributed by atoms with E-state index in [0.29, 0.717) is 0 Å². The van der Waals surface area contributed by atoms with Gasteiger partial charge in [-0.2, -0.15) is 0 Å². The van der Waals surface area contributed by atoms with Crippen molar-refractivity contribution in [3.8, 4) is 0 Å². The maximum Gasteiger partial charge on any atom is 0.181 e. The summed E-state index contributed by atoms with van der Waals surface area (Å²) in [4.78, 5) is 11.3. The van der Waals surface area contributed by atoms with Crippen molar-refractivity contribution in [1.29, 1.82) is 0 Å². The molecule has 0 aliphatic carbocycles. The van der Waals surface area contributed by atoms with E-state index in [1.807, 2.05) is 25.1 Å². The van der Waals surface area contributed by atoms with Gasteiger partial charge in [0.1, 0.15) is 0 Å². The van der Waals surface area contributed by atoms with E-state index in [2.05, 4.69) is 6.92 Å². The molecule has 0 atom stereocenters. The molecule has 14 heavy (non-hydrogen) atoms. The molecule has 0 N–H and O–H groups in total. The van der Waals surface area contributed by atoms with Gasteiger partial charge < -0.3 is 0 Å². The van der Waals surface area contributed by atoms with Crippen molar-refractivity contribution < 1.29 is 0 Å². The minimum Gasteiger partial charge on any atom is -0.290 e. The summed E-state index contributed by atoms with van der Waals surface area (Å²) < 4.78 is 0. The van der Waals surface area contributed by atoms with Crippen molar-refractivity contribution in [2.75, 3.05) is 0 Å². The van der Waals surface area contributed by atoms with Gasteiger partial charge in [0.05, 0.1) is 0 Å². The molecule has 0 spiro atoms. The van der Waals surface area contributed by atoms with Crippen molar-refractivity contribution in [3.05, 3.63) is 45.6 Å². The molecule has 0 radical (unpaired) electrons. The summed E-state index contributed by atoms with van der Waals surface area (Å²) in [5.74, 6) is 0. The predicted octanol–water partition coefficient (Wildman–Crippen LogP) is 3.09. The molecule has 0 aliphatic heterocycles. The second-order valence-electron chi connectivity index (χ2n) is 3.75. The lowest BCUT2D eigenvalue weighted by Crippen LogP contribution is -1.97. The third-order valence-electron chi connectivity index (χ3n) is 2.42. The van der Waals surface area contributed by atoms with E-state index in [1.54, 1.807) is 6.07 Å². The topological polar surface area (TPSA) is 17.1 Å². The van der Waals surface area contributed by atoms with Gasteiger partial charge in [-0.15, -0.1) is 0 Å². The highest BCUT2D eigenvalue weighted by Gasteiger charge is 1.94. The lowest BCUT2D eigenvalue weighted by Gasteiger charge is -1.97. The van der Waals surface area contributed by atoms with Gasteiger partial charge >= 0.3 is 0 Å². The Bertz CT molecular complexity index is 341. The van der Waals surface area contributed by atoms with Crippen molar-refractivity contribution in [1.82, 2.24) is 0 Å². The summed E-state index contributed by atoms with van der Waals surface area (Å²) in [6.45, 7) is 4.08. The van der Waals surface area contributed by atoms with Crippen LogP contribution in [0.2, 0.25) is 0 Å². The van der Waals surface area contributed by atoms with Crippen molar-refractivity contribution in [3.63, 3.8) is 0 Å². The minimum absolute atomic E-state index is 0.131. The van der Waals surface area contributed by atoms with E-state index in [1.165, 1.54) is 24.8 Å². The van der Waals surface area contributed by atoms with E-state index in [4.69, 9.17) is 0 Å². The van der Waals surface area contributed by atoms with Crippen LogP contribution in [0.5, 0.6) is 0 Å². The average molecular weight is 190 g/mol. The van der Waals surface area contributed by atoms with Gasteiger partial charge in [-0.25, -0.2) is 0 Å². The van der Waals surface area contributed by atoms with E-state index in [-0.39, 0.29) is 5.43 Å². The van der Waals surface area contributed by atoms with Crippen LogP contribution in [0.25, 0.3) is 0 Å². The Morgan fingerprint density at radius 3 is 2.71 bits per heavy atom. The molecule has 1 rings (SSSR count). The molecule has 1 heteroatoms. The van der Waals surface area contributed by atoms with Crippen LogP contribution in [-0.4, -0.2) is 0 Å². The number of aryl methyl sites for hydroxylation is 2. The van der Waals surface area contributed by atoms with E-state index < -0.39 is 0 Å². The van der Waals surface area contributed by atoms with Gasteiger partial charge in [0, 0.05) is 0 Å². The molecule has 76 valence electrons. The number of unbranched alkanes of at least 4 members (excludes halogenated alkanes) is 2. The highest BCUT2D eigenvalue weighted by Crippen LogP contribution is 2.05. The van der Waals surface area contributed by atoms with Crippen LogP contribution in [-0.2, 0) is 6.42 Å². The molecule has 0 aromatic heterocycles. The molecule has 0 unspecified atom stereocenters. The highest BCUT2D eigenvalue weighted by atomic mass is 16.1. The summed E-state index contributed by atoms with van der Waals surface area (Å²) in [6, 6.07) is 7.55. The lowest BCUT2D eigenvalue weighted by molar-refractivity contribution is 0.717. The van der Waals surface area contributed by atoms with Gasteiger partial charge in [0.25, 0.3) is 0 Å². The number of rotatable bonds is 4. The Morgan fingerprint density at radius 2 is 2.00 bits per heavy atom. The fourth-order valence-corrected chi connectivity index (χ4v) is 1.52. The normalized spacial score (nSPS) is 10.1. The first-order chi connectivity index (χ1) is 6.74. The smallest absolute Gasteiger partial charge is 0.181 e. The summed E-state index contributed by atoms with van der Waals surface area (Å²) in [5.41, 5.74) is 2.26. The zero-order chi connectivity index (χ0) is 10.4. The minimum atomic E-state index is 0.131. The Kier molecular flexibility index (Phi) is 4.37. The van der Waals surface area contributed by atoms with Crippen LogP contribution in [0.4, 0.5) is 0 Å². The summed E-state index contributed by atoms with van der Waals surface area (Å²) in [5, 5.41) is 0. The summed E-state index contributed by atoms with van der Waals surface area (Å²) >= 11 is 0. The van der Waals surface area contributed by atoms with Gasteiger partial charge in [0.2, 0.25) is 0 Å². The third-order valence-corrected chi connectivity index (χ3v) is 2.42. The number of hydrogen-bond acceptors (Lipinski definition) is 1. The maximum atomic E-state index is 11.3. The Hall–Kier alpha value is -1.11. The van der Waals surface area contributed by atoms with Gasteiger partial charge in [0.15, 0.2) is 5.43 Å². The predicted molar refractivity (Wildman–Crippen MR) is 60.7 cm³/mol. The Balaban J connectivity index is 2.75. The van der Waals surface area contributed by atoms with Crippen LogP contribution in [0, 0.1) is 6.92 Å². The fourth-order valence-electron chi connectivity index (χ4n) is 1.52. The quantitative estimate of drug-likeness (QED) is 0.667. The van der Waals surface area contributed by atoms with Gasteiger partial charge in [-0.1, -0.05) is 38.0 Å². The van der Waals surface area contributed by atoms with E-state index in [9.17, 15) is 4.79 Å². The van der Waals surface area contributed by atoms with Crippen molar-refractivity contribution >= 4 is 0 Å². The fraction of sp³-hybridized carbons (Fsp3) is 0.462. The molecule has 0 bridgehead atoms. The monoisotopic (exact) mass is 190 g/mol. The molecule has 0 amide bonds. The van der Waals surface area contributed by atoms with Gasteiger partial charge in [-0.3, -0.25) is 4.79 Å². The Morgan fingerprint density at radius 1 is 1.21 bits per heavy atom. The Labute approximate surface area is 85.8 Å².